The van der Waals surface area contributed by atoms with E-state index in [9.17, 15) is 0 Å². The molecule has 0 saturated carbocycles. The fourth-order valence-electron chi connectivity index (χ4n) is 2.14. The van der Waals surface area contributed by atoms with E-state index in [1.54, 1.807) is 0 Å². The summed E-state index contributed by atoms with van der Waals surface area (Å²) in [6, 6.07) is 4.51. The zero-order valence-corrected chi connectivity index (χ0v) is 11.2. The Morgan fingerprint density at radius 3 is 2.67 bits per heavy atom. The van der Waals surface area contributed by atoms with Gasteiger partial charge in [0.05, 0.1) is 17.6 Å². The summed E-state index contributed by atoms with van der Waals surface area (Å²) in [5, 5.41) is 3.26. The maximum Gasteiger partial charge on any atom is 0.112 e. The largest absolute Gasteiger partial charge is 0.312 e. The van der Waals surface area contributed by atoms with Crippen molar-refractivity contribution >= 4 is 0 Å². The molecule has 0 spiro atoms. The molecule has 0 aromatic carbocycles. The molecule has 2 aromatic heterocycles. The lowest BCUT2D eigenvalue weighted by Gasteiger charge is -2.14. The molecule has 2 rings (SSSR count). The van der Waals surface area contributed by atoms with Gasteiger partial charge in [0.15, 0.2) is 0 Å². The van der Waals surface area contributed by atoms with Crippen molar-refractivity contribution in [2.75, 3.05) is 7.05 Å². The fraction of sp³-hybridized carbons (Fsp3) is 0.429. The molecule has 2 aromatic rings. The van der Waals surface area contributed by atoms with Gasteiger partial charge in [-0.1, -0.05) is 13.8 Å². The van der Waals surface area contributed by atoms with Gasteiger partial charge in [-0.3, -0.25) is 4.98 Å². The van der Waals surface area contributed by atoms with Crippen LogP contribution in [0.2, 0.25) is 0 Å². The number of pyridine rings is 1. The van der Waals surface area contributed by atoms with Gasteiger partial charge in [0.1, 0.15) is 5.82 Å². The lowest BCUT2D eigenvalue weighted by molar-refractivity contribution is 0.561. The minimum Gasteiger partial charge on any atom is -0.312 e. The van der Waals surface area contributed by atoms with E-state index in [1.165, 1.54) is 0 Å². The quantitative estimate of drug-likeness (QED) is 0.878. The number of hydrogen-bond donors (Lipinski definition) is 1. The van der Waals surface area contributed by atoms with Gasteiger partial charge in [-0.05, 0) is 25.6 Å². The van der Waals surface area contributed by atoms with Crippen molar-refractivity contribution in [2.45, 2.75) is 32.7 Å². The normalized spacial score (nSPS) is 12.6. The van der Waals surface area contributed by atoms with Gasteiger partial charge in [0.2, 0.25) is 0 Å². The SMILES string of the molecule is CCc1nccn1-c1ccc(C(CC)NC)nc1. The molecule has 96 valence electrons. The van der Waals surface area contributed by atoms with E-state index in [0.717, 1.165) is 30.0 Å². The van der Waals surface area contributed by atoms with E-state index in [2.05, 4.69) is 45.8 Å². The van der Waals surface area contributed by atoms with Crippen LogP contribution in [-0.2, 0) is 6.42 Å². The van der Waals surface area contributed by atoms with Crippen LogP contribution in [0.15, 0.2) is 30.7 Å². The number of rotatable bonds is 5. The molecule has 0 bridgehead atoms. The van der Waals surface area contributed by atoms with E-state index in [0.29, 0.717) is 6.04 Å². The highest BCUT2D eigenvalue weighted by atomic mass is 15.1. The van der Waals surface area contributed by atoms with Crippen molar-refractivity contribution in [1.82, 2.24) is 19.9 Å². The molecule has 0 amide bonds. The minimum absolute atomic E-state index is 0.326. The molecule has 0 aliphatic rings. The highest BCUT2D eigenvalue weighted by Crippen LogP contribution is 2.16. The summed E-state index contributed by atoms with van der Waals surface area (Å²) in [7, 11) is 1.97. The number of nitrogens with zero attached hydrogens (tertiary/aromatic N) is 3. The number of hydrogen-bond acceptors (Lipinski definition) is 3. The van der Waals surface area contributed by atoms with E-state index in [4.69, 9.17) is 0 Å². The first kappa shape index (κ1) is 12.8. The second kappa shape index (κ2) is 5.78. The van der Waals surface area contributed by atoms with Crippen LogP contribution in [0, 0.1) is 0 Å². The summed E-state index contributed by atoms with van der Waals surface area (Å²) in [4.78, 5) is 8.86. The molecule has 18 heavy (non-hydrogen) atoms. The summed E-state index contributed by atoms with van der Waals surface area (Å²) in [6.07, 6.45) is 7.67. The molecule has 0 fully saturated rings. The highest BCUT2D eigenvalue weighted by Gasteiger charge is 2.08. The molecule has 0 radical (unpaired) electrons. The Labute approximate surface area is 108 Å². The van der Waals surface area contributed by atoms with Crippen LogP contribution in [0.1, 0.15) is 37.8 Å². The summed E-state index contributed by atoms with van der Waals surface area (Å²) in [6.45, 7) is 4.26. The van der Waals surface area contributed by atoms with Gasteiger partial charge in [0.25, 0.3) is 0 Å². The second-order valence-electron chi connectivity index (χ2n) is 4.26. The standard InChI is InChI=1S/C14H20N4/c1-4-12(15-3)13-7-6-11(10-17-13)18-9-8-16-14(18)5-2/h6-10,12,15H,4-5H2,1-3H3. The summed E-state index contributed by atoms with van der Waals surface area (Å²) in [5.41, 5.74) is 2.15. The molecule has 4 nitrogen and oxygen atoms in total. The van der Waals surface area contributed by atoms with Crippen LogP contribution in [0.3, 0.4) is 0 Å². The first-order valence-electron chi connectivity index (χ1n) is 6.46. The third-order valence-corrected chi connectivity index (χ3v) is 3.20. The smallest absolute Gasteiger partial charge is 0.112 e. The van der Waals surface area contributed by atoms with E-state index < -0.39 is 0 Å². The molecular formula is C14H20N4. The predicted octanol–water partition coefficient (Wildman–Crippen LogP) is 2.50. The van der Waals surface area contributed by atoms with Gasteiger partial charge in [-0.25, -0.2) is 4.98 Å². The third kappa shape index (κ3) is 2.43. The van der Waals surface area contributed by atoms with Crippen molar-refractivity contribution in [3.05, 3.63) is 42.2 Å². The van der Waals surface area contributed by atoms with Gasteiger partial charge < -0.3 is 9.88 Å². The van der Waals surface area contributed by atoms with Crippen LogP contribution in [-0.4, -0.2) is 21.6 Å². The minimum atomic E-state index is 0.326. The first-order chi connectivity index (χ1) is 8.80. The Hall–Kier alpha value is -1.68. The molecule has 0 saturated heterocycles. The van der Waals surface area contributed by atoms with Gasteiger partial charge in [-0.15, -0.1) is 0 Å². The van der Waals surface area contributed by atoms with Crippen LogP contribution in [0.25, 0.3) is 5.69 Å². The number of aryl methyl sites for hydroxylation is 1. The van der Waals surface area contributed by atoms with Crippen molar-refractivity contribution in [1.29, 1.82) is 0 Å². The van der Waals surface area contributed by atoms with Crippen LogP contribution < -0.4 is 5.32 Å². The Bertz CT molecular complexity index is 483. The maximum absolute atomic E-state index is 4.54. The number of nitrogens with one attached hydrogen (secondary N) is 1. The third-order valence-electron chi connectivity index (χ3n) is 3.20. The topological polar surface area (TPSA) is 42.7 Å². The van der Waals surface area contributed by atoms with Crippen molar-refractivity contribution < 1.29 is 0 Å². The number of imidazole rings is 1. The molecule has 1 atom stereocenters. The Morgan fingerprint density at radius 2 is 2.11 bits per heavy atom. The molecule has 0 aliphatic heterocycles. The van der Waals surface area contributed by atoms with Crippen molar-refractivity contribution in [3.63, 3.8) is 0 Å². The Balaban J connectivity index is 2.27. The molecule has 2 heterocycles. The second-order valence-corrected chi connectivity index (χ2v) is 4.26. The first-order valence-corrected chi connectivity index (χ1v) is 6.46. The van der Waals surface area contributed by atoms with Crippen molar-refractivity contribution in [2.24, 2.45) is 0 Å². The Kier molecular flexibility index (Phi) is 4.10. The van der Waals surface area contributed by atoms with E-state index in [-0.39, 0.29) is 0 Å². The molecule has 1 unspecified atom stereocenters. The predicted molar refractivity (Wildman–Crippen MR) is 72.8 cm³/mol. The summed E-state index contributed by atoms with van der Waals surface area (Å²) < 4.78 is 2.08. The van der Waals surface area contributed by atoms with E-state index >= 15 is 0 Å². The zero-order valence-electron chi connectivity index (χ0n) is 11.2. The van der Waals surface area contributed by atoms with Crippen molar-refractivity contribution in [3.8, 4) is 5.69 Å². The van der Waals surface area contributed by atoms with Gasteiger partial charge in [-0.2, -0.15) is 0 Å². The van der Waals surface area contributed by atoms with Gasteiger partial charge >= 0.3 is 0 Å². The molecular weight excluding hydrogens is 224 g/mol. The molecule has 0 aliphatic carbocycles. The number of aromatic nitrogens is 3. The lowest BCUT2D eigenvalue weighted by Crippen LogP contribution is -2.16. The maximum atomic E-state index is 4.54. The van der Waals surface area contributed by atoms with Crippen LogP contribution in [0.4, 0.5) is 0 Å². The monoisotopic (exact) mass is 244 g/mol. The molecule has 1 N–H and O–H groups in total. The van der Waals surface area contributed by atoms with E-state index in [1.807, 2.05) is 25.6 Å². The Morgan fingerprint density at radius 1 is 1.28 bits per heavy atom. The zero-order chi connectivity index (χ0) is 13.0. The average Bonchev–Trinajstić information content (AvgIpc) is 2.89. The summed E-state index contributed by atoms with van der Waals surface area (Å²) >= 11 is 0. The van der Waals surface area contributed by atoms with Crippen LogP contribution in [0.5, 0.6) is 0 Å². The average molecular weight is 244 g/mol. The molecule has 4 heteroatoms. The van der Waals surface area contributed by atoms with Crippen LogP contribution >= 0.6 is 0 Å². The van der Waals surface area contributed by atoms with Gasteiger partial charge in [0, 0.05) is 24.9 Å². The highest BCUT2D eigenvalue weighted by molar-refractivity contribution is 5.32. The summed E-state index contributed by atoms with van der Waals surface area (Å²) in [5.74, 6) is 1.06. The fourth-order valence-corrected chi connectivity index (χ4v) is 2.14. The lowest BCUT2D eigenvalue weighted by atomic mass is 10.1.